The summed E-state index contributed by atoms with van der Waals surface area (Å²) in [6.07, 6.45) is -0.791. The van der Waals surface area contributed by atoms with Crippen LogP contribution in [0.2, 0.25) is 0 Å². The number of carbonyl (C=O) groups is 2. The highest BCUT2D eigenvalue weighted by molar-refractivity contribution is 5.87. The number of benzene rings is 1. The van der Waals surface area contributed by atoms with Crippen LogP contribution in [0.15, 0.2) is 30.3 Å². The van der Waals surface area contributed by atoms with Gasteiger partial charge in [0.15, 0.2) is 0 Å². The first-order valence-electron chi connectivity index (χ1n) is 8.99. The second-order valence-corrected chi connectivity index (χ2v) is 6.86. The number of aliphatic hydroxyl groups excluding tert-OH is 1. The van der Waals surface area contributed by atoms with Crippen LogP contribution in [0.5, 0.6) is 5.75 Å². The van der Waals surface area contributed by atoms with E-state index in [4.69, 9.17) is 9.47 Å². The van der Waals surface area contributed by atoms with Crippen molar-refractivity contribution >= 4 is 11.9 Å². The smallest absolute Gasteiger partial charge is 0.307 e. The SMILES string of the molecule is CC(C)COC(=O)CC1C(=O)NCCN1CC(O)COc1ccccc1. The molecule has 26 heavy (non-hydrogen) atoms. The third-order valence-electron chi connectivity index (χ3n) is 4.01. The average molecular weight is 364 g/mol. The van der Waals surface area contributed by atoms with Crippen LogP contribution in [0.4, 0.5) is 0 Å². The Morgan fingerprint density at radius 1 is 1.31 bits per heavy atom. The number of ether oxygens (including phenoxy) is 2. The van der Waals surface area contributed by atoms with E-state index < -0.39 is 18.1 Å². The number of amides is 1. The zero-order valence-electron chi connectivity index (χ0n) is 15.4. The minimum atomic E-state index is -0.768. The van der Waals surface area contributed by atoms with E-state index in [9.17, 15) is 14.7 Å². The number of esters is 1. The first-order valence-corrected chi connectivity index (χ1v) is 8.99. The van der Waals surface area contributed by atoms with Crippen molar-refractivity contribution in [1.29, 1.82) is 0 Å². The molecule has 2 rings (SSSR count). The minimum Gasteiger partial charge on any atom is -0.491 e. The van der Waals surface area contributed by atoms with Crippen molar-refractivity contribution in [3.05, 3.63) is 30.3 Å². The van der Waals surface area contributed by atoms with Gasteiger partial charge in [-0.2, -0.15) is 0 Å². The van der Waals surface area contributed by atoms with Gasteiger partial charge in [-0.15, -0.1) is 0 Å². The molecule has 1 aromatic carbocycles. The molecule has 2 atom stereocenters. The number of carbonyl (C=O) groups excluding carboxylic acids is 2. The highest BCUT2D eigenvalue weighted by Crippen LogP contribution is 2.13. The van der Waals surface area contributed by atoms with Crippen LogP contribution >= 0.6 is 0 Å². The zero-order chi connectivity index (χ0) is 18.9. The van der Waals surface area contributed by atoms with Crippen LogP contribution in [-0.2, 0) is 14.3 Å². The molecule has 0 spiro atoms. The number of aliphatic hydroxyl groups is 1. The molecule has 0 aromatic heterocycles. The van der Waals surface area contributed by atoms with Crippen molar-refractivity contribution in [3.8, 4) is 5.75 Å². The molecular formula is C19H28N2O5. The Hall–Kier alpha value is -2.12. The minimum absolute atomic E-state index is 0.0230. The lowest BCUT2D eigenvalue weighted by Crippen LogP contribution is -2.57. The Morgan fingerprint density at radius 3 is 2.73 bits per heavy atom. The molecule has 1 heterocycles. The number of nitrogens with one attached hydrogen (secondary N) is 1. The van der Waals surface area contributed by atoms with Crippen LogP contribution in [0, 0.1) is 5.92 Å². The molecule has 1 fully saturated rings. The van der Waals surface area contributed by atoms with Crippen molar-refractivity contribution in [2.45, 2.75) is 32.4 Å². The molecule has 2 N–H and O–H groups in total. The summed E-state index contributed by atoms with van der Waals surface area (Å²) in [6.45, 7) is 5.67. The maximum Gasteiger partial charge on any atom is 0.307 e. The Morgan fingerprint density at radius 2 is 2.04 bits per heavy atom. The van der Waals surface area contributed by atoms with Gasteiger partial charge in [0.1, 0.15) is 18.5 Å². The fourth-order valence-corrected chi connectivity index (χ4v) is 2.71. The summed E-state index contributed by atoms with van der Waals surface area (Å²) in [5.74, 6) is 0.304. The van der Waals surface area contributed by atoms with Gasteiger partial charge in [-0.1, -0.05) is 32.0 Å². The van der Waals surface area contributed by atoms with E-state index in [1.807, 2.05) is 49.1 Å². The second-order valence-electron chi connectivity index (χ2n) is 6.86. The molecule has 1 amide bonds. The van der Waals surface area contributed by atoms with E-state index >= 15 is 0 Å². The Kier molecular flexibility index (Phi) is 7.87. The molecule has 0 bridgehead atoms. The van der Waals surface area contributed by atoms with E-state index in [0.717, 1.165) is 0 Å². The van der Waals surface area contributed by atoms with Crippen LogP contribution in [-0.4, -0.2) is 66.9 Å². The molecule has 1 aliphatic heterocycles. The predicted molar refractivity (Wildman–Crippen MR) is 96.7 cm³/mol. The molecule has 0 saturated carbocycles. The zero-order valence-corrected chi connectivity index (χ0v) is 15.4. The summed E-state index contributed by atoms with van der Waals surface area (Å²) in [4.78, 5) is 26.0. The van der Waals surface area contributed by atoms with Crippen molar-refractivity contribution in [1.82, 2.24) is 10.2 Å². The van der Waals surface area contributed by atoms with Crippen LogP contribution in [0.25, 0.3) is 0 Å². The highest BCUT2D eigenvalue weighted by Gasteiger charge is 2.33. The molecule has 1 aromatic rings. The summed E-state index contributed by atoms with van der Waals surface area (Å²) in [5, 5.41) is 13.0. The highest BCUT2D eigenvalue weighted by atomic mass is 16.5. The van der Waals surface area contributed by atoms with Crippen molar-refractivity contribution in [3.63, 3.8) is 0 Å². The van der Waals surface area contributed by atoms with Gasteiger partial charge in [0.25, 0.3) is 0 Å². The number of nitrogens with zero attached hydrogens (tertiary/aromatic N) is 1. The summed E-state index contributed by atoms with van der Waals surface area (Å²) >= 11 is 0. The van der Waals surface area contributed by atoms with Gasteiger partial charge in [0, 0.05) is 19.6 Å². The quantitative estimate of drug-likeness (QED) is 0.631. The summed E-state index contributed by atoms with van der Waals surface area (Å²) < 4.78 is 10.7. The lowest BCUT2D eigenvalue weighted by Gasteiger charge is -2.35. The Labute approximate surface area is 154 Å². The molecule has 1 saturated heterocycles. The predicted octanol–water partition coefficient (Wildman–Crippen LogP) is 0.816. The largest absolute Gasteiger partial charge is 0.491 e. The number of rotatable bonds is 9. The lowest BCUT2D eigenvalue weighted by atomic mass is 10.1. The normalized spacial score (nSPS) is 19.1. The topological polar surface area (TPSA) is 88.1 Å². The monoisotopic (exact) mass is 364 g/mol. The molecule has 0 radical (unpaired) electrons. The number of β-amino-alcohol motifs (C(OH)–C–C–N with tert-alkyl or cyclic N) is 1. The molecule has 7 nitrogen and oxygen atoms in total. The third-order valence-corrected chi connectivity index (χ3v) is 4.01. The van der Waals surface area contributed by atoms with Crippen molar-refractivity contribution in [2.24, 2.45) is 5.92 Å². The number of hydrogen-bond donors (Lipinski definition) is 2. The maximum absolute atomic E-state index is 12.2. The van der Waals surface area contributed by atoms with E-state index in [2.05, 4.69) is 5.32 Å². The maximum atomic E-state index is 12.2. The molecule has 144 valence electrons. The van der Waals surface area contributed by atoms with Crippen LogP contribution in [0.3, 0.4) is 0 Å². The number of piperazine rings is 1. The standard InChI is InChI=1S/C19H28N2O5/c1-14(2)12-26-18(23)10-17-19(24)20-8-9-21(17)11-15(22)13-25-16-6-4-3-5-7-16/h3-7,14-15,17,22H,8-13H2,1-2H3,(H,20,24). The molecule has 0 aliphatic carbocycles. The molecular weight excluding hydrogens is 336 g/mol. The fourth-order valence-electron chi connectivity index (χ4n) is 2.71. The van der Waals surface area contributed by atoms with Crippen LogP contribution in [0.1, 0.15) is 20.3 Å². The first kappa shape index (κ1) is 20.2. The van der Waals surface area contributed by atoms with E-state index in [1.165, 1.54) is 0 Å². The van der Waals surface area contributed by atoms with Gasteiger partial charge >= 0.3 is 5.97 Å². The van der Waals surface area contributed by atoms with Gasteiger partial charge in [-0.25, -0.2) is 0 Å². The molecule has 1 aliphatic rings. The first-order chi connectivity index (χ1) is 12.5. The molecule has 7 heteroatoms. The van der Waals surface area contributed by atoms with E-state index in [0.29, 0.717) is 25.4 Å². The summed E-state index contributed by atoms with van der Waals surface area (Å²) in [7, 11) is 0. The van der Waals surface area contributed by atoms with Crippen LogP contribution < -0.4 is 10.1 Å². The van der Waals surface area contributed by atoms with Gasteiger partial charge in [0.05, 0.1) is 19.1 Å². The average Bonchev–Trinajstić information content (AvgIpc) is 2.62. The van der Waals surface area contributed by atoms with E-state index in [-0.39, 0.29) is 31.4 Å². The summed E-state index contributed by atoms with van der Waals surface area (Å²) in [6, 6.07) is 8.60. The van der Waals surface area contributed by atoms with Gasteiger partial charge in [0.2, 0.25) is 5.91 Å². The van der Waals surface area contributed by atoms with Crippen molar-refractivity contribution in [2.75, 3.05) is 32.8 Å². The van der Waals surface area contributed by atoms with Gasteiger partial charge in [-0.3, -0.25) is 14.5 Å². The van der Waals surface area contributed by atoms with Crippen molar-refractivity contribution < 1.29 is 24.2 Å². The second kappa shape index (κ2) is 10.1. The summed E-state index contributed by atoms with van der Waals surface area (Å²) in [5.41, 5.74) is 0. The fraction of sp³-hybridized carbons (Fsp3) is 0.579. The number of hydrogen-bond acceptors (Lipinski definition) is 6. The van der Waals surface area contributed by atoms with Gasteiger partial charge < -0.3 is 19.9 Å². The lowest BCUT2D eigenvalue weighted by molar-refractivity contribution is -0.149. The number of para-hydroxylation sites is 1. The molecule has 2 unspecified atom stereocenters. The third kappa shape index (κ3) is 6.65. The Bertz CT molecular complexity index is 579. The Balaban J connectivity index is 1.85. The van der Waals surface area contributed by atoms with E-state index in [1.54, 1.807) is 0 Å². The van der Waals surface area contributed by atoms with Gasteiger partial charge in [-0.05, 0) is 18.1 Å².